The minimum Gasteiger partial charge on any atom is -0.311 e. The van der Waals surface area contributed by atoms with Crippen LogP contribution in [0, 0.1) is 5.92 Å². The molecule has 1 saturated heterocycles. The first-order valence-corrected chi connectivity index (χ1v) is 8.73. The third-order valence-electron chi connectivity index (χ3n) is 4.75. The van der Waals surface area contributed by atoms with Crippen molar-refractivity contribution in [3.05, 3.63) is 0 Å². The van der Waals surface area contributed by atoms with Crippen LogP contribution < -0.4 is 5.32 Å². The zero-order valence-corrected chi connectivity index (χ0v) is 13.9. The second kappa shape index (κ2) is 7.16. The van der Waals surface area contributed by atoms with Gasteiger partial charge < -0.3 is 5.32 Å². The zero-order chi connectivity index (χ0) is 13.8. The second-order valence-corrected chi connectivity index (χ2v) is 7.41. The third-order valence-corrected chi connectivity index (χ3v) is 6.32. The third kappa shape index (κ3) is 3.88. The summed E-state index contributed by atoms with van der Waals surface area (Å²) in [5.74, 6) is 0.729. The molecule has 1 aliphatic heterocycles. The second-order valence-electron chi connectivity index (χ2n) is 6.13. The van der Waals surface area contributed by atoms with Crippen LogP contribution in [0.1, 0.15) is 47.5 Å². The van der Waals surface area contributed by atoms with E-state index >= 15 is 0 Å². The Morgan fingerprint density at radius 1 is 1.33 bits per heavy atom. The predicted molar refractivity (Wildman–Crippen MR) is 84.5 cm³/mol. The first-order chi connectivity index (χ1) is 8.48. The molecule has 1 fully saturated rings. The highest BCUT2D eigenvalue weighted by molar-refractivity contribution is 8.00. The summed E-state index contributed by atoms with van der Waals surface area (Å²) in [6, 6.07) is 1.33. The number of rotatable bonds is 6. The number of nitrogens with zero attached hydrogens (tertiary/aromatic N) is 1. The summed E-state index contributed by atoms with van der Waals surface area (Å²) in [6.07, 6.45) is 4.82. The van der Waals surface area contributed by atoms with Crippen LogP contribution in [-0.2, 0) is 0 Å². The van der Waals surface area contributed by atoms with Crippen molar-refractivity contribution < 1.29 is 0 Å². The number of thioether (sulfide) groups is 1. The Kier molecular flexibility index (Phi) is 6.49. The van der Waals surface area contributed by atoms with E-state index in [2.05, 4.69) is 62.9 Å². The highest BCUT2D eigenvalue weighted by Crippen LogP contribution is 2.32. The van der Waals surface area contributed by atoms with Gasteiger partial charge in [0, 0.05) is 36.5 Å². The van der Waals surface area contributed by atoms with Crippen molar-refractivity contribution in [1.29, 1.82) is 0 Å². The van der Waals surface area contributed by atoms with E-state index in [1.54, 1.807) is 0 Å². The fraction of sp³-hybridized carbons (Fsp3) is 1.00. The maximum Gasteiger partial charge on any atom is 0.0279 e. The number of hydrogen-bond acceptors (Lipinski definition) is 3. The van der Waals surface area contributed by atoms with Crippen LogP contribution in [0.2, 0.25) is 0 Å². The van der Waals surface area contributed by atoms with Crippen molar-refractivity contribution >= 4 is 11.8 Å². The van der Waals surface area contributed by atoms with Crippen LogP contribution in [-0.4, -0.2) is 47.6 Å². The molecule has 1 heterocycles. The minimum absolute atomic E-state index is 0.452. The zero-order valence-electron chi connectivity index (χ0n) is 13.1. The largest absolute Gasteiger partial charge is 0.311 e. The molecule has 1 aliphatic rings. The summed E-state index contributed by atoms with van der Waals surface area (Å²) in [7, 11) is 0. The SMILES string of the molecule is CCC(CC)(CN1CC(C(C)C)NCC1C)SC. The van der Waals surface area contributed by atoms with E-state index in [1.165, 1.54) is 25.9 Å². The maximum atomic E-state index is 3.69. The molecule has 0 aromatic heterocycles. The summed E-state index contributed by atoms with van der Waals surface area (Å²) in [5, 5.41) is 3.69. The van der Waals surface area contributed by atoms with Crippen LogP contribution in [0.25, 0.3) is 0 Å². The number of nitrogens with one attached hydrogen (secondary N) is 1. The van der Waals surface area contributed by atoms with E-state index in [1.807, 2.05) is 0 Å². The molecule has 3 heteroatoms. The smallest absolute Gasteiger partial charge is 0.0279 e. The molecule has 2 atom stereocenters. The molecule has 0 aromatic rings. The van der Waals surface area contributed by atoms with Gasteiger partial charge in [-0.1, -0.05) is 27.7 Å². The van der Waals surface area contributed by atoms with Crippen molar-refractivity contribution in [2.75, 3.05) is 25.9 Å². The molecule has 0 aliphatic carbocycles. The average Bonchev–Trinajstić information content (AvgIpc) is 2.38. The van der Waals surface area contributed by atoms with Gasteiger partial charge >= 0.3 is 0 Å². The lowest BCUT2D eigenvalue weighted by Gasteiger charge is -2.45. The summed E-state index contributed by atoms with van der Waals surface area (Å²) in [4.78, 5) is 2.71. The van der Waals surface area contributed by atoms with E-state index < -0.39 is 0 Å². The Morgan fingerprint density at radius 2 is 1.94 bits per heavy atom. The Hall–Kier alpha value is 0.270. The molecular formula is C15H32N2S. The topological polar surface area (TPSA) is 15.3 Å². The first-order valence-electron chi connectivity index (χ1n) is 7.50. The van der Waals surface area contributed by atoms with Crippen molar-refractivity contribution in [3.8, 4) is 0 Å². The monoisotopic (exact) mass is 272 g/mol. The average molecular weight is 273 g/mol. The van der Waals surface area contributed by atoms with Gasteiger partial charge in [-0.05, 0) is 31.9 Å². The summed E-state index contributed by atoms with van der Waals surface area (Å²) in [5.41, 5.74) is 0. The molecule has 108 valence electrons. The van der Waals surface area contributed by atoms with Crippen LogP contribution >= 0.6 is 11.8 Å². The van der Waals surface area contributed by atoms with Crippen LogP contribution in [0.5, 0.6) is 0 Å². The highest BCUT2D eigenvalue weighted by Gasteiger charge is 2.33. The standard InChI is InChI=1S/C15H32N2S/c1-7-15(8-2,18-6)11-17-10-14(12(3)4)16-9-13(17)5/h12-14,16H,7-11H2,1-6H3. The Morgan fingerprint density at radius 3 is 2.39 bits per heavy atom. The van der Waals surface area contributed by atoms with Gasteiger partial charge in [0.05, 0.1) is 0 Å². The molecule has 0 amide bonds. The molecule has 1 rings (SSSR count). The molecular weight excluding hydrogens is 240 g/mol. The molecule has 2 unspecified atom stereocenters. The summed E-state index contributed by atoms with van der Waals surface area (Å²) >= 11 is 2.06. The molecule has 0 bridgehead atoms. The molecule has 2 nitrogen and oxygen atoms in total. The molecule has 0 aromatic carbocycles. The maximum absolute atomic E-state index is 3.69. The minimum atomic E-state index is 0.452. The van der Waals surface area contributed by atoms with E-state index in [9.17, 15) is 0 Å². The lowest BCUT2D eigenvalue weighted by atomic mass is 9.96. The quantitative estimate of drug-likeness (QED) is 0.799. The highest BCUT2D eigenvalue weighted by atomic mass is 32.2. The Balaban J connectivity index is 2.67. The Bertz CT molecular complexity index is 230. The summed E-state index contributed by atoms with van der Waals surface area (Å²) in [6.45, 7) is 15.3. The van der Waals surface area contributed by atoms with Gasteiger partial charge in [0.15, 0.2) is 0 Å². The van der Waals surface area contributed by atoms with Gasteiger partial charge in [0.25, 0.3) is 0 Å². The Labute approximate surface area is 118 Å². The molecule has 0 radical (unpaired) electrons. The van der Waals surface area contributed by atoms with Gasteiger partial charge in [-0.15, -0.1) is 0 Å². The van der Waals surface area contributed by atoms with Crippen molar-refractivity contribution in [2.45, 2.75) is 64.3 Å². The summed E-state index contributed by atoms with van der Waals surface area (Å²) < 4.78 is 0.452. The number of hydrogen-bond donors (Lipinski definition) is 1. The molecule has 1 N–H and O–H groups in total. The van der Waals surface area contributed by atoms with Gasteiger partial charge in [-0.3, -0.25) is 4.90 Å². The normalized spacial score (nSPS) is 26.8. The van der Waals surface area contributed by atoms with Gasteiger partial charge in [0.1, 0.15) is 0 Å². The van der Waals surface area contributed by atoms with Crippen molar-refractivity contribution in [3.63, 3.8) is 0 Å². The van der Waals surface area contributed by atoms with Crippen LogP contribution in [0.15, 0.2) is 0 Å². The van der Waals surface area contributed by atoms with Crippen LogP contribution in [0.4, 0.5) is 0 Å². The van der Waals surface area contributed by atoms with Crippen molar-refractivity contribution in [1.82, 2.24) is 10.2 Å². The van der Waals surface area contributed by atoms with E-state index in [4.69, 9.17) is 0 Å². The first kappa shape index (κ1) is 16.3. The van der Waals surface area contributed by atoms with Gasteiger partial charge in [-0.25, -0.2) is 0 Å². The fourth-order valence-electron chi connectivity index (χ4n) is 2.81. The van der Waals surface area contributed by atoms with Gasteiger partial charge in [0.2, 0.25) is 0 Å². The van der Waals surface area contributed by atoms with Crippen molar-refractivity contribution in [2.24, 2.45) is 5.92 Å². The fourth-order valence-corrected chi connectivity index (χ4v) is 3.68. The lowest BCUT2D eigenvalue weighted by molar-refractivity contribution is 0.109. The molecule has 18 heavy (non-hydrogen) atoms. The molecule has 0 spiro atoms. The van der Waals surface area contributed by atoms with Gasteiger partial charge in [-0.2, -0.15) is 11.8 Å². The van der Waals surface area contributed by atoms with Crippen LogP contribution in [0.3, 0.4) is 0 Å². The van der Waals surface area contributed by atoms with E-state index in [0.717, 1.165) is 12.5 Å². The number of piperazine rings is 1. The van der Waals surface area contributed by atoms with E-state index in [0.29, 0.717) is 16.8 Å². The lowest BCUT2D eigenvalue weighted by Crippen LogP contribution is -2.59. The molecule has 0 saturated carbocycles. The predicted octanol–water partition coefficient (Wildman–Crippen LogP) is 3.23. The van der Waals surface area contributed by atoms with E-state index in [-0.39, 0.29) is 0 Å².